The molecule has 3 N–H and O–H groups in total. The topological polar surface area (TPSA) is 46.2 Å². The van der Waals surface area contributed by atoms with Crippen molar-refractivity contribution < 1.29 is 18.3 Å². The molecule has 0 aromatic heterocycles. The molecular formula is C15H20F3NO. The Bertz CT molecular complexity index is 447. The van der Waals surface area contributed by atoms with Crippen LogP contribution < -0.4 is 5.73 Å². The second kappa shape index (κ2) is 6.14. The molecule has 2 rings (SSSR count). The summed E-state index contributed by atoms with van der Waals surface area (Å²) in [5.74, 6) is -4.07. The summed E-state index contributed by atoms with van der Waals surface area (Å²) in [6, 6.07) is 1.73. The molecule has 1 aromatic rings. The van der Waals surface area contributed by atoms with E-state index in [0.29, 0.717) is 12.8 Å². The molecule has 0 aliphatic heterocycles. The molecule has 1 aromatic carbocycles. The normalized spacial score (nSPS) is 20.4. The summed E-state index contributed by atoms with van der Waals surface area (Å²) in [4.78, 5) is 0. The molecule has 0 amide bonds. The van der Waals surface area contributed by atoms with E-state index in [0.717, 1.165) is 37.8 Å². The fraction of sp³-hybridized carbons (Fsp3) is 0.600. The molecule has 0 heterocycles. The fourth-order valence-electron chi connectivity index (χ4n) is 3.11. The van der Waals surface area contributed by atoms with E-state index in [9.17, 15) is 18.3 Å². The molecule has 1 fully saturated rings. The predicted octanol–water partition coefficient (Wildman–Crippen LogP) is 3.44. The van der Waals surface area contributed by atoms with Gasteiger partial charge in [-0.1, -0.05) is 25.7 Å². The number of halogens is 3. The molecule has 2 nitrogen and oxygen atoms in total. The summed E-state index contributed by atoms with van der Waals surface area (Å²) in [6.45, 7) is 0.245. The van der Waals surface area contributed by atoms with Crippen molar-refractivity contribution in [3.05, 3.63) is 35.1 Å². The van der Waals surface area contributed by atoms with Gasteiger partial charge in [-0.3, -0.25) is 0 Å². The van der Waals surface area contributed by atoms with Gasteiger partial charge in [0.1, 0.15) is 0 Å². The molecule has 0 radical (unpaired) electrons. The minimum Gasteiger partial charge on any atom is -0.388 e. The van der Waals surface area contributed by atoms with Crippen LogP contribution in [0.4, 0.5) is 13.2 Å². The van der Waals surface area contributed by atoms with Gasteiger partial charge in [0.25, 0.3) is 0 Å². The van der Waals surface area contributed by atoms with Crippen LogP contribution in [-0.4, -0.2) is 11.7 Å². The van der Waals surface area contributed by atoms with Gasteiger partial charge < -0.3 is 10.8 Å². The SMILES string of the molecule is NCC1(C(O)c2cc(F)c(F)c(F)c2)CCCCCC1. The van der Waals surface area contributed by atoms with E-state index in [1.807, 2.05) is 0 Å². The molecule has 20 heavy (non-hydrogen) atoms. The lowest BCUT2D eigenvalue weighted by molar-refractivity contribution is 0.0161. The Morgan fingerprint density at radius 3 is 2.00 bits per heavy atom. The van der Waals surface area contributed by atoms with Crippen molar-refractivity contribution in [3.8, 4) is 0 Å². The first-order valence-electron chi connectivity index (χ1n) is 7.03. The molecule has 0 spiro atoms. The molecule has 1 unspecified atom stereocenters. The summed E-state index contributed by atoms with van der Waals surface area (Å²) in [5, 5.41) is 10.5. The van der Waals surface area contributed by atoms with Crippen molar-refractivity contribution in [2.24, 2.45) is 11.1 Å². The minimum absolute atomic E-state index is 0.0637. The van der Waals surface area contributed by atoms with Crippen LogP contribution in [-0.2, 0) is 0 Å². The summed E-state index contributed by atoms with van der Waals surface area (Å²) < 4.78 is 39.6. The van der Waals surface area contributed by atoms with Crippen LogP contribution in [0, 0.1) is 22.9 Å². The van der Waals surface area contributed by atoms with Gasteiger partial charge in [0.15, 0.2) is 17.5 Å². The highest BCUT2D eigenvalue weighted by atomic mass is 19.2. The maximum Gasteiger partial charge on any atom is 0.194 e. The third kappa shape index (κ3) is 2.83. The van der Waals surface area contributed by atoms with E-state index in [-0.39, 0.29) is 12.1 Å². The van der Waals surface area contributed by atoms with Crippen LogP contribution in [0.5, 0.6) is 0 Å². The van der Waals surface area contributed by atoms with Crippen molar-refractivity contribution in [1.82, 2.24) is 0 Å². The predicted molar refractivity (Wildman–Crippen MR) is 70.5 cm³/mol. The molecule has 1 atom stereocenters. The van der Waals surface area contributed by atoms with Gasteiger partial charge in [0, 0.05) is 12.0 Å². The van der Waals surface area contributed by atoms with E-state index in [4.69, 9.17) is 5.73 Å². The number of aliphatic hydroxyl groups excluding tert-OH is 1. The first-order chi connectivity index (χ1) is 9.50. The average molecular weight is 287 g/mol. The summed E-state index contributed by atoms with van der Waals surface area (Å²) in [5.41, 5.74) is 5.32. The number of rotatable bonds is 3. The highest BCUT2D eigenvalue weighted by Crippen LogP contribution is 2.44. The molecule has 112 valence electrons. The maximum absolute atomic E-state index is 13.3. The summed E-state index contributed by atoms with van der Waals surface area (Å²) in [7, 11) is 0. The molecule has 1 saturated carbocycles. The largest absolute Gasteiger partial charge is 0.388 e. The first kappa shape index (κ1) is 15.3. The van der Waals surface area contributed by atoms with Crippen molar-refractivity contribution in [2.45, 2.75) is 44.6 Å². The second-order valence-corrected chi connectivity index (χ2v) is 5.68. The molecule has 1 aliphatic carbocycles. The van der Waals surface area contributed by atoms with Crippen LogP contribution in [0.2, 0.25) is 0 Å². The minimum atomic E-state index is -1.51. The Hall–Kier alpha value is -1.07. The molecular weight excluding hydrogens is 267 g/mol. The van der Waals surface area contributed by atoms with Gasteiger partial charge >= 0.3 is 0 Å². The number of hydrogen-bond donors (Lipinski definition) is 2. The zero-order valence-corrected chi connectivity index (χ0v) is 11.3. The van der Waals surface area contributed by atoms with Gasteiger partial charge in [0.2, 0.25) is 0 Å². The Morgan fingerprint density at radius 2 is 1.55 bits per heavy atom. The van der Waals surface area contributed by atoms with E-state index in [1.54, 1.807) is 0 Å². The maximum atomic E-state index is 13.3. The van der Waals surface area contributed by atoms with Crippen molar-refractivity contribution in [1.29, 1.82) is 0 Å². The lowest BCUT2D eigenvalue weighted by Gasteiger charge is -2.36. The quantitative estimate of drug-likeness (QED) is 0.661. The Kier molecular flexibility index (Phi) is 4.70. The highest BCUT2D eigenvalue weighted by Gasteiger charge is 2.38. The van der Waals surface area contributed by atoms with E-state index in [1.165, 1.54) is 0 Å². The average Bonchev–Trinajstić information content (AvgIpc) is 2.69. The Balaban J connectivity index is 2.34. The van der Waals surface area contributed by atoms with E-state index < -0.39 is 29.0 Å². The van der Waals surface area contributed by atoms with E-state index >= 15 is 0 Å². The zero-order chi connectivity index (χ0) is 14.8. The first-order valence-corrected chi connectivity index (χ1v) is 7.03. The second-order valence-electron chi connectivity index (χ2n) is 5.68. The van der Waals surface area contributed by atoms with Gasteiger partial charge in [-0.15, -0.1) is 0 Å². The van der Waals surface area contributed by atoms with Crippen LogP contribution in [0.1, 0.15) is 50.2 Å². The number of benzene rings is 1. The van der Waals surface area contributed by atoms with Gasteiger partial charge in [-0.05, 0) is 30.5 Å². The summed E-state index contributed by atoms with van der Waals surface area (Å²) >= 11 is 0. The van der Waals surface area contributed by atoms with Crippen LogP contribution in [0.15, 0.2) is 12.1 Å². The van der Waals surface area contributed by atoms with Crippen molar-refractivity contribution >= 4 is 0 Å². The molecule has 5 heteroatoms. The third-order valence-corrected chi connectivity index (χ3v) is 4.41. The Morgan fingerprint density at radius 1 is 1.05 bits per heavy atom. The van der Waals surface area contributed by atoms with Crippen LogP contribution >= 0.6 is 0 Å². The lowest BCUT2D eigenvalue weighted by atomic mass is 9.73. The number of aliphatic hydroxyl groups is 1. The van der Waals surface area contributed by atoms with Gasteiger partial charge in [0.05, 0.1) is 6.10 Å². The number of hydrogen-bond acceptors (Lipinski definition) is 2. The molecule has 0 saturated heterocycles. The molecule has 0 bridgehead atoms. The molecule has 1 aliphatic rings. The smallest absolute Gasteiger partial charge is 0.194 e. The standard InChI is InChI=1S/C15H20F3NO/c16-11-7-10(8-12(17)13(11)18)14(20)15(9-19)5-3-1-2-4-6-15/h7-8,14,20H,1-6,9,19H2. The summed E-state index contributed by atoms with van der Waals surface area (Å²) in [6.07, 6.45) is 4.36. The van der Waals surface area contributed by atoms with Crippen LogP contribution in [0.3, 0.4) is 0 Å². The lowest BCUT2D eigenvalue weighted by Crippen LogP contribution is -2.36. The third-order valence-electron chi connectivity index (χ3n) is 4.41. The van der Waals surface area contributed by atoms with E-state index in [2.05, 4.69) is 0 Å². The van der Waals surface area contributed by atoms with Crippen molar-refractivity contribution in [2.75, 3.05) is 6.54 Å². The number of nitrogens with two attached hydrogens (primary N) is 1. The van der Waals surface area contributed by atoms with Crippen LogP contribution in [0.25, 0.3) is 0 Å². The van der Waals surface area contributed by atoms with Gasteiger partial charge in [-0.2, -0.15) is 0 Å². The highest BCUT2D eigenvalue weighted by molar-refractivity contribution is 5.23. The zero-order valence-electron chi connectivity index (χ0n) is 11.3. The Labute approximate surface area is 116 Å². The fourth-order valence-corrected chi connectivity index (χ4v) is 3.11. The van der Waals surface area contributed by atoms with Crippen molar-refractivity contribution in [3.63, 3.8) is 0 Å². The monoisotopic (exact) mass is 287 g/mol. The van der Waals surface area contributed by atoms with Gasteiger partial charge in [-0.25, -0.2) is 13.2 Å².